The lowest BCUT2D eigenvalue weighted by Crippen LogP contribution is -2.23. The molecule has 0 bridgehead atoms. The Morgan fingerprint density at radius 2 is 2.00 bits per heavy atom. The molecule has 0 aliphatic heterocycles. The number of nitrogens with one attached hydrogen (secondary N) is 1. The van der Waals surface area contributed by atoms with E-state index in [0.29, 0.717) is 17.2 Å². The SMILES string of the molecule is COc1ccc(-c2cc(CNC(=O)c3cc(Cl)ccc3[N+](=O)[O-])no2)cc1. The molecule has 0 saturated heterocycles. The lowest BCUT2D eigenvalue weighted by molar-refractivity contribution is -0.385. The fourth-order valence-corrected chi connectivity index (χ4v) is 2.57. The molecule has 9 heteroatoms. The predicted octanol–water partition coefficient (Wildman–Crippen LogP) is 3.84. The van der Waals surface area contributed by atoms with Gasteiger partial charge in [-0.25, -0.2) is 0 Å². The van der Waals surface area contributed by atoms with Crippen molar-refractivity contribution in [1.29, 1.82) is 0 Å². The summed E-state index contributed by atoms with van der Waals surface area (Å²) in [5.74, 6) is 0.614. The fraction of sp³-hybridized carbons (Fsp3) is 0.111. The monoisotopic (exact) mass is 387 g/mol. The van der Waals surface area contributed by atoms with Gasteiger partial charge in [0.1, 0.15) is 17.0 Å². The van der Waals surface area contributed by atoms with Crippen LogP contribution < -0.4 is 10.1 Å². The molecular weight excluding hydrogens is 374 g/mol. The fourth-order valence-electron chi connectivity index (χ4n) is 2.40. The Bertz CT molecular complexity index is 985. The minimum absolute atomic E-state index is 0.0438. The topological polar surface area (TPSA) is 108 Å². The maximum atomic E-state index is 12.3. The van der Waals surface area contributed by atoms with Gasteiger partial charge in [-0.2, -0.15) is 0 Å². The second-order valence-electron chi connectivity index (χ2n) is 5.51. The summed E-state index contributed by atoms with van der Waals surface area (Å²) in [6, 6.07) is 12.7. The lowest BCUT2D eigenvalue weighted by atomic mass is 10.1. The quantitative estimate of drug-likeness (QED) is 0.508. The number of hydrogen-bond acceptors (Lipinski definition) is 6. The number of nitro benzene ring substituents is 1. The molecule has 1 amide bonds. The molecule has 0 spiro atoms. The van der Waals surface area contributed by atoms with Gasteiger partial charge in [0.2, 0.25) is 0 Å². The van der Waals surface area contributed by atoms with Gasteiger partial charge in [-0.05, 0) is 36.4 Å². The molecule has 1 aromatic heterocycles. The molecule has 0 unspecified atom stereocenters. The number of nitro groups is 1. The third-order valence-electron chi connectivity index (χ3n) is 3.76. The van der Waals surface area contributed by atoms with E-state index in [-0.39, 0.29) is 22.8 Å². The number of hydrogen-bond donors (Lipinski definition) is 1. The van der Waals surface area contributed by atoms with Gasteiger partial charge in [0, 0.05) is 22.7 Å². The van der Waals surface area contributed by atoms with Crippen LogP contribution in [0.5, 0.6) is 5.75 Å². The van der Waals surface area contributed by atoms with E-state index in [4.69, 9.17) is 20.9 Å². The summed E-state index contributed by atoms with van der Waals surface area (Å²) in [5, 5.41) is 17.8. The summed E-state index contributed by atoms with van der Waals surface area (Å²) in [5.41, 5.74) is 0.826. The van der Waals surface area contributed by atoms with Crippen molar-refractivity contribution in [1.82, 2.24) is 10.5 Å². The van der Waals surface area contributed by atoms with Gasteiger partial charge in [0.05, 0.1) is 18.6 Å². The first-order chi connectivity index (χ1) is 13.0. The van der Waals surface area contributed by atoms with Gasteiger partial charge >= 0.3 is 0 Å². The minimum atomic E-state index is -0.636. The van der Waals surface area contributed by atoms with Crippen molar-refractivity contribution in [3.8, 4) is 17.1 Å². The molecule has 1 N–H and O–H groups in total. The third kappa shape index (κ3) is 4.24. The molecule has 0 radical (unpaired) electrons. The van der Waals surface area contributed by atoms with Crippen molar-refractivity contribution < 1.29 is 19.0 Å². The van der Waals surface area contributed by atoms with Gasteiger partial charge in [0.25, 0.3) is 11.6 Å². The summed E-state index contributed by atoms with van der Waals surface area (Å²) in [6.07, 6.45) is 0. The Labute approximate surface area is 158 Å². The summed E-state index contributed by atoms with van der Waals surface area (Å²) in [7, 11) is 1.58. The molecule has 138 valence electrons. The van der Waals surface area contributed by atoms with E-state index in [1.807, 2.05) is 12.1 Å². The maximum absolute atomic E-state index is 12.3. The van der Waals surface area contributed by atoms with Crippen LogP contribution in [0, 0.1) is 10.1 Å². The van der Waals surface area contributed by atoms with E-state index < -0.39 is 10.8 Å². The van der Waals surface area contributed by atoms with Crippen LogP contribution in [0.25, 0.3) is 11.3 Å². The minimum Gasteiger partial charge on any atom is -0.497 e. The Morgan fingerprint density at radius 3 is 2.67 bits per heavy atom. The first-order valence-electron chi connectivity index (χ1n) is 7.80. The van der Waals surface area contributed by atoms with E-state index >= 15 is 0 Å². The van der Waals surface area contributed by atoms with E-state index in [1.165, 1.54) is 18.2 Å². The van der Waals surface area contributed by atoms with Gasteiger partial charge < -0.3 is 14.6 Å². The Kier molecular flexibility index (Phi) is 5.37. The van der Waals surface area contributed by atoms with Gasteiger partial charge in [-0.1, -0.05) is 16.8 Å². The second kappa shape index (κ2) is 7.88. The second-order valence-corrected chi connectivity index (χ2v) is 5.95. The van der Waals surface area contributed by atoms with E-state index in [9.17, 15) is 14.9 Å². The number of nitrogens with zero attached hydrogens (tertiary/aromatic N) is 2. The summed E-state index contributed by atoms with van der Waals surface area (Å²) < 4.78 is 10.4. The van der Waals surface area contributed by atoms with Gasteiger partial charge in [0.15, 0.2) is 5.76 Å². The van der Waals surface area contributed by atoms with E-state index in [2.05, 4.69) is 10.5 Å². The predicted molar refractivity (Wildman–Crippen MR) is 97.8 cm³/mol. The Balaban J connectivity index is 1.70. The number of carbonyl (C=O) groups excluding carboxylic acids is 1. The number of ether oxygens (including phenoxy) is 1. The number of methoxy groups -OCH3 is 1. The van der Waals surface area contributed by atoms with Crippen LogP contribution in [0.2, 0.25) is 5.02 Å². The first-order valence-corrected chi connectivity index (χ1v) is 8.18. The number of amides is 1. The van der Waals surface area contributed by atoms with Gasteiger partial charge in [-0.15, -0.1) is 0 Å². The normalized spacial score (nSPS) is 10.4. The molecule has 27 heavy (non-hydrogen) atoms. The molecule has 0 fully saturated rings. The van der Waals surface area contributed by atoms with Crippen LogP contribution in [0.15, 0.2) is 53.1 Å². The van der Waals surface area contributed by atoms with Crippen LogP contribution in [0.1, 0.15) is 16.1 Å². The van der Waals surface area contributed by atoms with Crippen molar-refractivity contribution in [3.63, 3.8) is 0 Å². The molecule has 8 nitrogen and oxygen atoms in total. The largest absolute Gasteiger partial charge is 0.497 e. The van der Waals surface area contributed by atoms with Crippen molar-refractivity contribution in [2.24, 2.45) is 0 Å². The zero-order chi connectivity index (χ0) is 19.4. The van der Waals surface area contributed by atoms with Crippen molar-refractivity contribution in [3.05, 3.63) is 74.9 Å². The smallest absolute Gasteiger partial charge is 0.282 e. The molecule has 2 aromatic carbocycles. The van der Waals surface area contributed by atoms with Crippen molar-refractivity contribution in [2.45, 2.75) is 6.54 Å². The average molecular weight is 388 g/mol. The highest BCUT2D eigenvalue weighted by atomic mass is 35.5. The number of benzene rings is 2. The number of halogens is 1. The van der Waals surface area contributed by atoms with Crippen molar-refractivity contribution in [2.75, 3.05) is 7.11 Å². The highest BCUT2D eigenvalue weighted by molar-refractivity contribution is 6.31. The van der Waals surface area contributed by atoms with E-state index in [1.54, 1.807) is 25.3 Å². The summed E-state index contributed by atoms with van der Waals surface area (Å²) >= 11 is 5.84. The third-order valence-corrected chi connectivity index (χ3v) is 4.00. The van der Waals surface area contributed by atoms with Gasteiger partial charge in [-0.3, -0.25) is 14.9 Å². The van der Waals surface area contributed by atoms with Crippen LogP contribution in [-0.4, -0.2) is 23.1 Å². The molecule has 3 rings (SSSR count). The maximum Gasteiger partial charge on any atom is 0.282 e. The summed E-state index contributed by atoms with van der Waals surface area (Å²) in [4.78, 5) is 22.7. The molecule has 0 saturated carbocycles. The molecular formula is C18H14ClN3O5. The Hall–Kier alpha value is -3.39. The van der Waals surface area contributed by atoms with Crippen molar-refractivity contribution >= 4 is 23.2 Å². The molecule has 1 heterocycles. The lowest BCUT2D eigenvalue weighted by Gasteiger charge is -2.04. The molecule has 0 aliphatic rings. The molecule has 0 atom stereocenters. The highest BCUT2D eigenvalue weighted by Crippen LogP contribution is 2.24. The summed E-state index contributed by atoms with van der Waals surface area (Å²) in [6.45, 7) is 0.0438. The van der Waals surface area contributed by atoms with E-state index in [0.717, 1.165) is 5.56 Å². The molecule has 3 aromatic rings. The van der Waals surface area contributed by atoms with Crippen LogP contribution in [0.3, 0.4) is 0 Å². The number of rotatable bonds is 6. The standard InChI is InChI=1S/C18H14ClN3O5/c1-26-14-5-2-11(3-6-14)17-9-13(21-27-17)10-20-18(23)15-8-12(19)4-7-16(15)22(24)25/h2-9H,10H2,1H3,(H,20,23). The Morgan fingerprint density at radius 1 is 1.26 bits per heavy atom. The number of aromatic nitrogens is 1. The first kappa shape index (κ1) is 18.4. The average Bonchev–Trinajstić information content (AvgIpc) is 3.15. The zero-order valence-corrected chi connectivity index (χ0v) is 14.9. The van der Waals surface area contributed by atoms with Crippen LogP contribution in [0.4, 0.5) is 5.69 Å². The number of carbonyl (C=O) groups is 1. The highest BCUT2D eigenvalue weighted by Gasteiger charge is 2.20. The molecule has 0 aliphatic carbocycles. The zero-order valence-electron chi connectivity index (χ0n) is 14.1. The van der Waals surface area contributed by atoms with Crippen LogP contribution in [-0.2, 0) is 6.54 Å². The van der Waals surface area contributed by atoms with Crippen LogP contribution >= 0.6 is 11.6 Å².